The second kappa shape index (κ2) is 10.6. The Kier molecular flexibility index (Phi) is 9.63. The fraction of sp³-hybridized carbons (Fsp3) is 0.455. The van der Waals surface area contributed by atoms with E-state index in [1.165, 1.54) is 5.56 Å². The van der Waals surface area contributed by atoms with E-state index in [-0.39, 0.29) is 22.6 Å². The molecule has 0 radical (unpaired) electrons. The Balaban J connectivity index is 0.000000522. The first kappa shape index (κ1) is 23.6. The number of anilines is 1. The highest BCUT2D eigenvalue weighted by Gasteiger charge is 2.20. The molecule has 0 aromatic heterocycles. The molecule has 0 unspecified atom stereocenters. The molecule has 1 aliphatic carbocycles. The Morgan fingerprint density at radius 2 is 1.46 bits per heavy atom. The zero-order valence-corrected chi connectivity index (χ0v) is 17.3. The second-order valence-corrected chi connectivity index (χ2v) is 7.47. The van der Waals surface area contributed by atoms with Crippen LogP contribution in [-0.2, 0) is 11.8 Å². The summed E-state index contributed by atoms with van der Waals surface area (Å²) < 4.78 is 0. The fourth-order valence-electron chi connectivity index (χ4n) is 2.36. The molecule has 0 bridgehead atoms. The van der Waals surface area contributed by atoms with Crippen LogP contribution >= 0.6 is 0 Å². The maximum atomic E-state index is 9.97. The van der Waals surface area contributed by atoms with E-state index in [9.17, 15) is 5.11 Å². The number of phenolic OH excluding ortho intramolecular Hbond substituents is 1. The zero-order valence-electron chi connectivity index (χ0n) is 17.3. The molecule has 0 spiro atoms. The van der Waals surface area contributed by atoms with Crippen LogP contribution in [-0.4, -0.2) is 16.5 Å². The first-order valence-electron chi connectivity index (χ1n) is 9.16. The first-order valence-corrected chi connectivity index (χ1v) is 9.16. The van der Waals surface area contributed by atoms with Crippen molar-refractivity contribution < 1.29 is 5.11 Å². The van der Waals surface area contributed by atoms with Crippen LogP contribution in [0, 0.1) is 16.7 Å². The lowest BCUT2D eigenvalue weighted by Gasteiger charge is -2.22. The van der Waals surface area contributed by atoms with Gasteiger partial charge in [0, 0.05) is 5.56 Å². The Bertz CT molecular complexity index is 655. The highest BCUT2D eigenvalue weighted by Crippen LogP contribution is 2.36. The summed E-state index contributed by atoms with van der Waals surface area (Å²) in [5.74, 6) is 0.830. The molecule has 1 aromatic rings. The minimum Gasteiger partial charge on any atom is -0.505 e. The van der Waals surface area contributed by atoms with E-state index in [2.05, 4.69) is 40.7 Å². The molecule has 2 rings (SSSR count). The molecular formula is C22H35N3O. The highest BCUT2D eigenvalue weighted by molar-refractivity contribution is 6.48. The highest BCUT2D eigenvalue weighted by atomic mass is 16.3. The number of rotatable bonds is 2. The molecule has 4 nitrogen and oxygen atoms in total. The summed E-state index contributed by atoms with van der Waals surface area (Å²) in [7, 11) is 0. The molecule has 5 N–H and O–H groups in total. The van der Waals surface area contributed by atoms with Crippen molar-refractivity contribution in [2.75, 3.05) is 5.73 Å². The largest absolute Gasteiger partial charge is 0.505 e. The molecule has 1 aromatic carbocycles. The number of nitrogen functional groups attached to an aromatic ring is 1. The molecule has 0 fully saturated rings. The Hall–Kier alpha value is -2.36. The van der Waals surface area contributed by atoms with Gasteiger partial charge in [0.1, 0.15) is 5.75 Å². The lowest BCUT2D eigenvalue weighted by molar-refractivity contribution is 0.448. The predicted molar refractivity (Wildman–Crippen MR) is 115 cm³/mol. The fourth-order valence-corrected chi connectivity index (χ4v) is 2.36. The molecule has 0 aliphatic heterocycles. The van der Waals surface area contributed by atoms with Gasteiger partial charge in [-0.05, 0) is 41.5 Å². The van der Waals surface area contributed by atoms with Crippen LogP contribution in [0.4, 0.5) is 5.69 Å². The molecule has 144 valence electrons. The van der Waals surface area contributed by atoms with Crippen molar-refractivity contribution in [1.29, 1.82) is 10.8 Å². The van der Waals surface area contributed by atoms with Crippen molar-refractivity contribution >= 4 is 17.1 Å². The number of allylic oxidation sites excluding steroid dienone is 4. The van der Waals surface area contributed by atoms with E-state index in [4.69, 9.17) is 16.6 Å². The minimum atomic E-state index is -0.0782. The molecule has 4 heteroatoms. The summed E-state index contributed by atoms with van der Waals surface area (Å²) >= 11 is 0. The molecule has 0 amide bonds. The van der Waals surface area contributed by atoms with Crippen LogP contribution < -0.4 is 5.73 Å². The average molecular weight is 358 g/mol. The van der Waals surface area contributed by atoms with Gasteiger partial charge >= 0.3 is 0 Å². The Morgan fingerprint density at radius 1 is 1.00 bits per heavy atom. The SMILES string of the molecule is CC.CC(C)Cc1cc(N)c(O)c(C(C)(C)C)c1.N=C1C=CC=CC1=N. The molecule has 26 heavy (non-hydrogen) atoms. The molecule has 0 heterocycles. The normalized spacial score (nSPS) is 13.1. The topological polar surface area (TPSA) is 93.9 Å². The lowest BCUT2D eigenvalue weighted by Crippen LogP contribution is -2.13. The van der Waals surface area contributed by atoms with Crippen LogP contribution in [0.25, 0.3) is 0 Å². The standard InChI is InChI=1S/C14H23NO.C6H6N2.C2H6/c1-9(2)6-10-7-11(14(3,4)5)13(16)12(15)8-10;7-5-3-1-2-4-6(5)8;1-2/h7-9,16H,6,15H2,1-5H3;1-4,7-8H;1-2H3. The van der Waals surface area contributed by atoms with Gasteiger partial charge in [0.15, 0.2) is 0 Å². The molecular weight excluding hydrogens is 322 g/mol. The van der Waals surface area contributed by atoms with Gasteiger partial charge in [-0.2, -0.15) is 0 Å². The van der Waals surface area contributed by atoms with Gasteiger partial charge in [0.25, 0.3) is 0 Å². The maximum absolute atomic E-state index is 9.97. The van der Waals surface area contributed by atoms with E-state index in [0.717, 1.165) is 12.0 Å². The molecule has 0 atom stereocenters. The van der Waals surface area contributed by atoms with Gasteiger partial charge < -0.3 is 10.8 Å². The first-order chi connectivity index (χ1) is 12.0. The van der Waals surface area contributed by atoms with Gasteiger partial charge in [-0.1, -0.05) is 66.7 Å². The maximum Gasteiger partial charge on any atom is 0.142 e. The average Bonchev–Trinajstić information content (AvgIpc) is 2.54. The van der Waals surface area contributed by atoms with Gasteiger partial charge in [-0.15, -0.1) is 0 Å². The van der Waals surface area contributed by atoms with Gasteiger partial charge in [-0.3, -0.25) is 10.8 Å². The molecule has 0 saturated carbocycles. The van der Waals surface area contributed by atoms with Crippen molar-refractivity contribution in [3.8, 4) is 5.75 Å². The number of nitrogens with two attached hydrogens (primary N) is 1. The summed E-state index contributed by atoms with van der Waals surface area (Å²) in [6.45, 7) is 14.6. The molecule has 1 aliphatic rings. The summed E-state index contributed by atoms with van der Waals surface area (Å²) in [5.41, 5.74) is 8.96. The van der Waals surface area contributed by atoms with Crippen molar-refractivity contribution in [3.05, 3.63) is 47.6 Å². The lowest BCUT2D eigenvalue weighted by atomic mass is 9.84. The summed E-state index contributed by atoms with van der Waals surface area (Å²) in [6, 6.07) is 3.95. The summed E-state index contributed by atoms with van der Waals surface area (Å²) in [4.78, 5) is 0. The van der Waals surface area contributed by atoms with E-state index < -0.39 is 0 Å². The third-order valence-corrected chi connectivity index (χ3v) is 3.58. The monoisotopic (exact) mass is 357 g/mol. The smallest absolute Gasteiger partial charge is 0.142 e. The van der Waals surface area contributed by atoms with E-state index in [1.807, 2.05) is 19.9 Å². The van der Waals surface area contributed by atoms with Crippen molar-refractivity contribution in [2.24, 2.45) is 5.92 Å². The van der Waals surface area contributed by atoms with Crippen molar-refractivity contribution in [3.63, 3.8) is 0 Å². The van der Waals surface area contributed by atoms with Crippen LogP contribution in [0.2, 0.25) is 0 Å². The number of hydrogen-bond donors (Lipinski definition) is 4. The minimum absolute atomic E-state index is 0.0782. The van der Waals surface area contributed by atoms with Gasteiger partial charge in [-0.25, -0.2) is 0 Å². The zero-order chi connectivity index (χ0) is 20.5. The van der Waals surface area contributed by atoms with E-state index in [1.54, 1.807) is 24.3 Å². The van der Waals surface area contributed by atoms with Crippen LogP contribution in [0.5, 0.6) is 5.75 Å². The number of nitrogens with one attached hydrogen (secondary N) is 2. The second-order valence-electron chi connectivity index (χ2n) is 7.47. The molecule has 0 saturated heterocycles. The van der Waals surface area contributed by atoms with Gasteiger partial charge in [0.2, 0.25) is 0 Å². The Morgan fingerprint density at radius 3 is 1.81 bits per heavy atom. The van der Waals surface area contributed by atoms with Crippen LogP contribution in [0.3, 0.4) is 0 Å². The number of phenols is 1. The van der Waals surface area contributed by atoms with Crippen LogP contribution in [0.1, 0.15) is 59.6 Å². The summed E-state index contributed by atoms with van der Waals surface area (Å²) in [6.07, 6.45) is 7.69. The third kappa shape index (κ3) is 7.68. The van der Waals surface area contributed by atoms with Crippen molar-refractivity contribution in [2.45, 2.75) is 60.3 Å². The third-order valence-electron chi connectivity index (χ3n) is 3.58. The van der Waals surface area contributed by atoms with Crippen molar-refractivity contribution in [1.82, 2.24) is 0 Å². The van der Waals surface area contributed by atoms with E-state index >= 15 is 0 Å². The number of aromatic hydroxyl groups is 1. The predicted octanol–water partition coefficient (Wildman–Crippen LogP) is 5.65. The van der Waals surface area contributed by atoms with E-state index in [0.29, 0.717) is 11.6 Å². The quantitative estimate of drug-likeness (QED) is 0.313. The number of benzene rings is 1. The van der Waals surface area contributed by atoms with Gasteiger partial charge in [0.05, 0.1) is 17.1 Å². The van der Waals surface area contributed by atoms with Crippen LogP contribution in [0.15, 0.2) is 36.4 Å². The summed E-state index contributed by atoms with van der Waals surface area (Å²) in [5, 5.41) is 24.0. The number of hydrogen-bond acceptors (Lipinski definition) is 4. The Labute approximate surface area is 158 Å².